The number of nitrogens with one attached hydrogen (secondary N) is 1. The molecule has 0 saturated heterocycles. The van der Waals surface area contributed by atoms with Crippen molar-refractivity contribution in [2.24, 2.45) is 7.05 Å². The first kappa shape index (κ1) is 17.8. The Labute approximate surface area is 157 Å². The van der Waals surface area contributed by atoms with Crippen LogP contribution in [0.25, 0.3) is 0 Å². The summed E-state index contributed by atoms with van der Waals surface area (Å²) in [5, 5.41) is 6.83. The van der Waals surface area contributed by atoms with E-state index in [2.05, 4.69) is 36.7 Å². The molecular weight excluding hydrogens is 352 g/mol. The lowest BCUT2D eigenvalue weighted by Crippen LogP contribution is -3.07. The van der Waals surface area contributed by atoms with Crippen molar-refractivity contribution >= 4 is 23.6 Å². The monoisotopic (exact) mass is 375 g/mol. The highest BCUT2D eigenvalue weighted by Crippen LogP contribution is 2.13. The molecule has 2 heterocycles. The third-order valence-electron chi connectivity index (χ3n) is 4.13. The van der Waals surface area contributed by atoms with Crippen molar-refractivity contribution in [3.8, 4) is 5.75 Å². The Balaban J connectivity index is 1.68. The standard InChI is InChI=1S/C18H22N4OS2/c1-20(12-14-6-8-15(23-3)9-7-14)13-22-18(24)21(2)17(19-22)11-16-5-4-10-25-16/h4-10H,11-13H2,1-3H3/p+1. The predicted octanol–water partition coefficient (Wildman–Crippen LogP) is 2.28. The highest BCUT2D eigenvalue weighted by atomic mass is 32.1. The maximum absolute atomic E-state index is 5.56. The zero-order chi connectivity index (χ0) is 17.8. The van der Waals surface area contributed by atoms with Gasteiger partial charge in [-0.2, -0.15) is 9.78 Å². The molecule has 7 heteroatoms. The summed E-state index contributed by atoms with van der Waals surface area (Å²) < 4.78 is 9.91. The van der Waals surface area contributed by atoms with Gasteiger partial charge in [0.05, 0.1) is 14.2 Å². The summed E-state index contributed by atoms with van der Waals surface area (Å²) >= 11 is 7.31. The van der Waals surface area contributed by atoms with Crippen LogP contribution in [0.5, 0.6) is 5.75 Å². The molecule has 3 rings (SSSR count). The molecule has 0 saturated carbocycles. The second-order valence-electron chi connectivity index (χ2n) is 6.15. The molecule has 1 N–H and O–H groups in total. The van der Waals surface area contributed by atoms with Crippen LogP contribution in [0.1, 0.15) is 16.3 Å². The van der Waals surface area contributed by atoms with E-state index in [1.165, 1.54) is 15.3 Å². The summed E-state index contributed by atoms with van der Waals surface area (Å²) in [6.07, 6.45) is 0.822. The van der Waals surface area contributed by atoms with Crippen molar-refractivity contribution in [3.63, 3.8) is 0 Å². The fourth-order valence-electron chi connectivity index (χ4n) is 2.76. The van der Waals surface area contributed by atoms with Gasteiger partial charge in [0.25, 0.3) is 0 Å². The highest BCUT2D eigenvalue weighted by Gasteiger charge is 2.12. The van der Waals surface area contributed by atoms with Crippen LogP contribution >= 0.6 is 23.6 Å². The van der Waals surface area contributed by atoms with Crippen molar-refractivity contribution < 1.29 is 9.64 Å². The largest absolute Gasteiger partial charge is 0.497 e. The van der Waals surface area contributed by atoms with Crippen molar-refractivity contribution in [2.45, 2.75) is 19.6 Å². The van der Waals surface area contributed by atoms with E-state index < -0.39 is 0 Å². The molecule has 0 radical (unpaired) electrons. The number of hydrogen-bond acceptors (Lipinski definition) is 4. The summed E-state index contributed by atoms with van der Waals surface area (Å²) in [5.41, 5.74) is 1.26. The molecule has 3 aromatic rings. The zero-order valence-electron chi connectivity index (χ0n) is 14.7. The van der Waals surface area contributed by atoms with Gasteiger partial charge in [0.2, 0.25) is 4.77 Å². The number of nitrogens with zero attached hydrogens (tertiary/aromatic N) is 3. The van der Waals surface area contributed by atoms with Gasteiger partial charge in [-0.3, -0.25) is 0 Å². The van der Waals surface area contributed by atoms with Gasteiger partial charge in [0, 0.05) is 23.9 Å². The lowest BCUT2D eigenvalue weighted by atomic mass is 10.2. The van der Waals surface area contributed by atoms with Crippen molar-refractivity contribution in [1.29, 1.82) is 0 Å². The van der Waals surface area contributed by atoms with Crippen LogP contribution in [-0.2, 0) is 26.7 Å². The Bertz CT molecular complexity index is 866. The van der Waals surface area contributed by atoms with E-state index in [-0.39, 0.29) is 0 Å². The first-order chi connectivity index (χ1) is 12.1. The van der Waals surface area contributed by atoms with Crippen LogP contribution in [0.3, 0.4) is 0 Å². The average Bonchev–Trinajstić information content (AvgIpc) is 3.20. The quantitative estimate of drug-likeness (QED) is 0.644. The Hall–Kier alpha value is -1.96. The lowest BCUT2D eigenvalue weighted by Gasteiger charge is -2.14. The van der Waals surface area contributed by atoms with Gasteiger partial charge < -0.3 is 14.2 Å². The molecule has 132 valence electrons. The number of thiophene rings is 1. The minimum atomic E-state index is 0.739. The van der Waals surface area contributed by atoms with Gasteiger partial charge >= 0.3 is 0 Å². The molecule has 0 aliphatic heterocycles. The Kier molecular flexibility index (Phi) is 5.67. The lowest BCUT2D eigenvalue weighted by molar-refractivity contribution is -0.917. The molecule has 0 fully saturated rings. The zero-order valence-corrected chi connectivity index (χ0v) is 16.4. The van der Waals surface area contributed by atoms with Crippen LogP contribution in [0.15, 0.2) is 41.8 Å². The summed E-state index contributed by atoms with van der Waals surface area (Å²) in [7, 11) is 5.83. The van der Waals surface area contributed by atoms with E-state index >= 15 is 0 Å². The topological polar surface area (TPSA) is 36.4 Å². The minimum absolute atomic E-state index is 0.739. The molecule has 1 atom stereocenters. The van der Waals surface area contributed by atoms with Gasteiger partial charge in [-0.15, -0.1) is 11.3 Å². The first-order valence-electron chi connectivity index (χ1n) is 8.16. The molecular formula is C18H23N4OS2+. The van der Waals surface area contributed by atoms with E-state index in [0.717, 1.165) is 36.0 Å². The molecule has 25 heavy (non-hydrogen) atoms. The van der Waals surface area contributed by atoms with E-state index in [1.807, 2.05) is 28.4 Å². The molecule has 0 aliphatic rings. The Morgan fingerprint density at radius 1 is 1.24 bits per heavy atom. The maximum Gasteiger partial charge on any atom is 0.202 e. The molecule has 0 amide bonds. The van der Waals surface area contributed by atoms with Crippen molar-refractivity contribution in [3.05, 3.63) is 62.8 Å². The smallest absolute Gasteiger partial charge is 0.202 e. The molecule has 0 aliphatic carbocycles. The first-order valence-corrected chi connectivity index (χ1v) is 9.45. The third kappa shape index (κ3) is 4.36. The van der Waals surface area contributed by atoms with Gasteiger partial charge in [0.15, 0.2) is 6.67 Å². The van der Waals surface area contributed by atoms with Crippen molar-refractivity contribution in [1.82, 2.24) is 14.3 Å². The number of quaternary nitrogens is 1. The highest BCUT2D eigenvalue weighted by molar-refractivity contribution is 7.71. The molecule has 5 nitrogen and oxygen atoms in total. The number of benzene rings is 1. The van der Waals surface area contributed by atoms with Crippen LogP contribution < -0.4 is 9.64 Å². The van der Waals surface area contributed by atoms with E-state index in [9.17, 15) is 0 Å². The maximum atomic E-state index is 5.56. The molecule has 1 unspecified atom stereocenters. The van der Waals surface area contributed by atoms with Gasteiger partial charge in [-0.25, -0.2) is 0 Å². The second-order valence-corrected chi connectivity index (χ2v) is 7.55. The van der Waals surface area contributed by atoms with Gasteiger partial charge in [-0.1, -0.05) is 6.07 Å². The number of ether oxygens (including phenoxy) is 1. The summed E-state index contributed by atoms with van der Waals surface area (Å²) in [6, 6.07) is 12.4. The number of hydrogen-bond donors (Lipinski definition) is 1. The number of methoxy groups -OCH3 is 1. The third-order valence-corrected chi connectivity index (χ3v) is 5.49. The Morgan fingerprint density at radius 2 is 2.00 bits per heavy atom. The fraction of sp³-hybridized carbons (Fsp3) is 0.333. The van der Waals surface area contributed by atoms with Crippen LogP contribution in [0.2, 0.25) is 0 Å². The van der Waals surface area contributed by atoms with Crippen LogP contribution in [0, 0.1) is 4.77 Å². The Morgan fingerprint density at radius 3 is 2.64 bits per heavy atom. The summed E-state index contributed by atoms with van der Waals surface area (Å²) in [5.74, 6) is 1.89. The van der Waals surface area contributed by atoms with Crippen LogP contribution in [0.4, 0.5) is 0 Å². The fourth-order valence-corrected chi connectivity index (χ4v) is 3.67. The molecule has 1 aromatic carbocycles. The molecule has 0 bridgehead atoms. The number of rotatable bonds is 7. The SMILES string of the molecule is COc1ccc(C[NH+](C)Cn2nc(Cc3cccs3)n(C)c2=S)cc1. The summed E-state index contributed by atoms with van der Waals surface area (Å²) in [6.45, 7) is 1.64. The van der Waals surface area contributed by atoms with E-state index in [1.54, 1.807) is 18.4 Å². The second kappa shape index (κ2) is 7.95. The van der Waals surface area contributed by atoms with Gasteiger partial charge in [-0.05, 0) is 47.9 Å². The molecule has 0 spiro atoms. The minimum Gasteiger partial charge on any atom is -0.497 e. The summed E-state index contributed by atoms with van der Waals surface area (Å²) in [4.78, 5) is 2.62. The van der Waals surface area contributed by atoms with E-state index in [4.69, 9.17) is 22.1 Å². The van der Waals surface area contributed by atoms with Gasteiger partial charge in [0.1, 0.15) is 18.1 Å². The average molecular weight is 376 g/mol. The predicted molar refractivity (Wildman–Crippen MR) is 103 cm³/mol. The van der Waals surface area contributed by atoms with E-state index in [0.29, 0.717) is 0 Å². The molecule has 2 aromatic heterocycles. The van der Waals surface area contributed by atoms with Crippen LogP contribution in [-0.4, -0.2) is 28.5 Å². The van der Waals surface area contributed by atoms with Crippen molar-refractivity contribution in [2.75, 3.05) is 14.2 Å². The number of aromatic nitrogens is 3. The normalized spacial score (nSPS) is 12.3.